The van der Waals surface area contributed by atoms with E-state index in [4.69, 9.17) is 4.74 Å². The Morgan fingerprint density at radius 2 is 2.04 bits per heavy atom. The van der Waals surface area contributed by atoms with Crippen LogP contribution in [-0.4, -0.2) is 86.3 Å². The maximum atomic E-state index is 12.4. The number of carbonyl (C=O) groups is 1. The normalized spacial score (nSPS) is 25.8. The predicted molar refractivity (Wildman–Crippen MR) is 96.9 cm³/mol. The summed E-state index contributed by atoms with van der Waals surface area (Å²) in [4.78, 5) is 23.9. The van der Waals surface area contributed by atoms with E-state index in [9.17, 15) is 4.79 Å². The Labute approximate surface area is 148 Å². The Morgan fingerprint density at radius 1 is 1.24 bits per heavy atom. The number of hydrogen-bond donors (Lipinski definition) is 1. The SMILES string of the molecule is CN1CCN(c2ccc(NC(=O)C3CN(C4CCOC4)C3)cn2)CC1. The van der Waals surface area contributed by atoms with Crippen molar-refractivity contribution in [3.8, 4) is 0 Å². The highest BCUT2D eigenvalue weighted by Crippen LogP contribution is 2.24. The number of nitrogens with zero attached hydrogens (tertiary/aromatic N) is 4. The third-order valence-corrected chi connectivity index (χ3v) is 5.55. The largest absolute Gasteiger partial charge is 0.380 e. The monoisotopic (exact) mass is 345 g/mol. The molecule has 1 aromatic heterocycles. The highest BCUT2D eigenvalue weighted by Gasteiger charge is 2.37. The van der Waals surface area contributed by atoms with Gasteiger partial charge in [0.05, 0.1) is 24.4 Å². The first-order valence-electron chi connectivity index (χ1n) is 9.21. The molecule has 3 fully saturated rings. The third-order valence-electron chi connectivity index (χ3n) is 5.55. The van der Waals surface area contributed by atoms with Crippen LogP contribution < -0.4 is 10.2 Å². The van der Waals surface area contributed by atoms with Gasteiger partial charge in [-0.15, -0.1) is 0 Å². The van der Waals surface area contributed by atoms with Gasteiger partial charge in [0.2, 0.25) is 5.91 Å². The summed E-state index contributed by atoms with van der Waals surface area (Å²) < 4.78 is 5.42. The van der Waals surface area contributed by atoms with Crippen molar-refractivity contribution < 1.29 is 9.53 Å². The van der Waals surface area contributed by atoms with E-state index >= 15 is 0 Å². The quantitative estimate of drug-likeness (QED) is 0.857. The van der Waals surface area contributed by atoms with E-state index < -0.39 is 0 Å². The fourth-order valence-electron chi connectivity index (χ4n) is 3.71. The van der Waals surface area contributed by atoms with E-state index in [1.165, 1.54) is 0 Å². The van der Waals surface area contributed by atoms with Crippen LogP contribution in [0.4, 0.5) is 11.5 Å². The van der Waals surface area contributed by atoms with E-state index in [0.29, 0.717) is 6.04 Å². The van der Waals surface area contributed by atoms with Crippen LogP contribution in [0, 0.1) is 5.92 Å². The molecule has 1 N–H and O–H groups in total. The lowest BCUT2D eigenvalue weighted by Crippen LogP contribution is -2.56. The van der Waals surface area contributed by atoms with E-state index in [0.717, 1.165) is 70.4 Å². The zero-order chi connectivity index (χ0) is 17.2. The van der Waals surface area contributed by atoms with E-state index in [1.807, 2.05) is 12.1 Å². The van der Waals surface area contributed by atoms with Gasteiger partial charge < -0.3 is 19.9 Å². The van der Waals surface area contributed by atoms with Gasteiger partial charge in [0.15, 0.2) is 0 Å². The van der Waals surface area contributed by atoms with Crippen molar-refractivity contribution in [2.24, 2.45) is 5.92 Å². The van der Waals surface area contributed by atoms with Crippen LogP contribution in [-0.2, 0) is 9.53 Å². The molecule has 0 aromatic carbocycles. The summed E-state index contributed by atoms with van der Waals surface area (Å²) in [7, 11) is 2.14. The molecule has 3 saturated heterocycles. The fourth-order valence-corrected chi connectivity index (χ4v) is 3.71. The molecule has 3 aliphatic heterocycles. The number of hydrogen-bond acceptors (Lipinski definition) is 6. The van der Waals surface area contributed by atoms with Gasteiger partial charge in [0.1, 0.15) is 5.82 Å². The number of nitrogens with one attached hydrogen (secondary N) is 1. The Bertz CT molecular complexity index is 588. The minimum Gasteiger partial charge on any atom is -0.380 e. The standard InChI is InChI=1S/C18H27N5O2/c1-21-5-7-22(8-6-21)17-3-2-15(10-19-17)20-18(24)14-11-23(12-14)16-4-9-25-13-16/h2-3,10,14,16H,4-9,11-13H2,1H3,(H,20,24). The van der Waals surface area contributed by atoms with Gasteiger partial charge in [-0.1, -0.05) is 0 Å². The molecule has 3 aliphatic rings. The smallest absolute Gasteiger partial charge is 0.230 e. The van der Waals surface area contributed by atoms with Gasteiger partial charge in [-0.25, -0.2) is 4.98 Å². The molecule has 7 heteroatoms. The zero-order valence-corrected chi connectivity index (χ0v) is 14.9. The van der Waals surface area contributed by atoms with Gasteiger partial charge in [0, 0.05) is 51.9 Å². The predicted octanol–water partition coefficient (Wildman–Crippen LogP) is 0.493. The lowest BCUT2D eigenvalue weighted by molar-refractivity contribution is -0.126. The number of piperazine rings is 1. The van der Waals surface area contributed by atoms with Gasteiger partial charge >= 0.3 is 0 Å². The van der Waals surface area contributed by atoms with Crippen molar-refractivity contribution in [3.63, 3.8) is 0 Å². The summed E-state index contributed by atoms with van der Waals surface area (Å²) >= 11 is 0. The molecule has 1 atom stereocenters. The topological polar surface area (TPSA) is 60.9 Å². The van der Waals surface area contributed by atoms with E-state index in [-0.39, 0.29) is 11.8 Å². The number of likely N-dealkylation sites (N-methyl/N-ethyl adjacent to an activating group) is 1. The second kappa shape index (κ2) is 7.27. The van der Waals surface area contributed by atoms with Crippen LogP contribution in [0.2, 0.25) is 0 Å². The molecular formula is C18H27N5O2. The lowest BCUT2D eigenvalue weighted by Gasteiger charge is -2.41. The number of anilines is 2. The summed E-state index contributed by atoms with van der Waals surface area (Å²) in [5, 5.41) is 3.01. The summed E-state index contributed by atoms with van der Waals surface area (Å²) in [6.07, 6.45) is 2.86. The number of ether oxygens (including phenoxy) is 1. The first kappa shape index (κ1) is 16.8. The van der Waals surface area contributed by atoms with Crippen molar-refractivity contribution in [2.75, 3.05) is 69.7 Å². The molecule has 0 aliphatic carbocycles. The van der Waals surface area contributed by atoms with Crippen molar-refractivity contribution in [1.29, 1.82) is 0 Å². The van der Waals surface area contributed by atoms with Crippen LogP contribution in [0.5, 0.6) is 0 Å². The maximum Gasteiger partial charge on any atom is 0.230 e. The van der Waals surface area contributed by atoms with Crippen molar-refractivity contribution in [1.82, 2.24) is 14.8 Å². The van der Waals surface area contributed by atoms with Crippen LogP contribution in [0.3, 0.4) is 0 Å². The first-order chi connectivity index (χ1) is 12.2. The summed E-state index contributed by atoms with van der Waals surface area (Å²) in [6, 6.07) is 4.47. The summed E-state index contributed by atoms with van der Waals surface area (Å²) in [5.74, 6) is 1.17. The average Bonchev–Trinajstić information content (AvgIpc) is 3.09. The Kier molecular flexibility index (Phi) is 4.87. The number of rotatable bonds is 4. The van der Waals surface area contributed by atoms with E-state index in [2.05, 4.69) is 32.0 Å². The molecule has 0 bridgehead atoms. The van der Waals surface area contributed by atoms with Crippen molar-refractivity contribution in [2.45, 2.75) is 12.5 Å². The molecule has 4 heterocycles. The van der Waals surface area contributed by atoms with Crippen molar-refractivity contribution in [3.05, 3.63) is 18.3 Å². The van der Waals surface area contributed by atoms with Gasteiger partial charge in [0.25, 0.3) is 0 Å². The summed E-state index contributed by atoms with van der Waals surface area (Å²) in [5.41, 5.74) is 0.783. The van der Waals surface area contributed by atoms with E-state index in [1.54, 1.807) is 6.20 Å². The van der Waals surface area contributed by atoms with Crippen LogP contribution in [0.15, 0.2) is 18.3 Å². The second-order valence-corrected chi connectivity index (χ2v) is 7.35. The molecular weight excluding hydrogens is 318 g/mol. The molecule has 4 rings (SSSR count). The van der Waals surface area contributed by atoms with Gasteiger partial charge in [-0.3, -0.25) is 9.69 Å². The highest BCUT2D eigenvalue weighted by molar-refractivity contribution is 5.93. The number of carbonyl (C=O) groups excluding carboxylic acids is 1. The van der Waals surface area contributed by atoms with Crippen LogP contribution >= 0.6 is 0 Å². The Morgan fingerprint density at radius 3 is 2.68 bits per heavy atom. The number of amides is 1. The molecule has 7 nitrogen and oxygen atoms in total. The third kappa shape index (κ3) is 3.78. The number of likely N-dealkylation sites (tertiary alicyclic amines) is 1. The zero-order valence-electron chi connectivity index (χ0n) is 14.9. The summed E-state index contributed by atoms with van der Waals surface area (Å²) in [6.45, 7) is 7.46. The maximum absolute atomic E-state index is 12.4. The number of pyridine rings is 1. The Balaban J connectivity index is 1.26. The lowest BCUT2D eigenvalue weighted by atomic mass is 9.96. The fraction of sp³-hybridized carbons (Fsp3) is 0.667. The molecule has 1 aromatic rings. The van der Waals surface area contributed by atoms with Gasteiger partial charge in [-0.05, 0) is 25.6 Å². The molecule has 136 valence electrons. The molecule has 1 unspecified atom stereocenters. The minimum atomic E-state index is 0.0814. The molecule has 0 saturated carbocycles. The highest BCUT2D eigenvalue weighted by atomic mass is 16.5. The minimum absolute atomic E-state index is 0.0814. The second-order valence-electron chi connectivity index (χ2n) is 7.35. The first-order valence-corrected chi connectivity index (χ1v) is 9.21. The molecule has 0 radical (unpaired) electrons. The molecule has 0 spiro atoms. The van der Waals surface area contributed by atoms with Gasteiger partial charge in [-0.2, -0.15) is 0 Å². The Hall–Kier alpha value is -1.70. The average molecular weight is 345 g/mol. The van der Waals surface area contributed by atoms with Crippen LogP contribution in [0.1, 0.15) is 6.42 Å². The molecule has 1 amide bonds. The van der Waals surface area contributed by atoms with Crippen molar-refractivity contribution >= 4 is 17.4 Å². The number of aromatic nitrogens is 1. The van der Waals surface area contributed by atoms with Crippen LogP contribution in [0.25, 0.3) is 0 Å². The molecule has 25 heavy (non-hydrogen) atoms.